The Morgan fingerprint density at radius 1 is 0.800 bits per heavy atom. The predicted molar refractivity (Wildman–Crippen MR) is 174 cm³/mol. The summed E-state index contributed by atoms with van der Waals surface area (Å²) in [5, 5.41) is 4.94. The van der Waals surface area contributed by atoms with E-state index >= 15 is 0 Å². The molecule has 2 aromatic carbocycles. The highest BCUT2D eigenvalue weighted by Gasteiger charge is 2.43. The number of benzene rings is 2. The lowest BCUT2D eigenvalue weighted by molar-refractivity contribution is -0.150. The summed E-state index contributed by atoms with van der Waals surface area (Å²) >= 11 is 0. The van der Waals surface area contributed by atoms with Crippen molar-refractivity contribution in [3.63, 3.8) is 0 Å². The fourth-order valence-electron chi connectivity index (χ4n) is 4.43. The molecule has 0 spiro atoms. The van der Waals surface area contributed by atoms with Gasteiger partial charge in [0.15, 0.2) is 0 Å². The van der Waals surface area contributed by atoms with Crippen molar-refractivity contribution in [3.8, 4) is 0 Å². The number of carbonyl (C=O) groups is 2. The molecule has 0 saturated carbocycles. The first-order valence-electron chi connectivity index (χ1n) is 13.7. The topological polar surface area (TPSA) is 43.4 Å². The van der Waals surface area contributed by atoms with Crippen LogP contribution in [0.5, 0.6) is 0 Å². The average molecular weight is 571 g/mol. The van der Waals surface area contributed by atoms with Crippen LogP contribution in [0.2, 0.25) is 0 Å². The molecule has 1 heterocycles. The molecule has 0 aromatic heterocycles. The Morgan fingerprint density at radius 2 is 1.32 bits per heavy atom. The molecule has 0 bridgehead atoms. The van der Waals surface area contributed by atoms with E-state index in [4.69, 9.17) is 4.74 Å². The van der Waals surface area contributed by atoms with Crippen LogP contribution in [0.4, 0.5) is 0 Å². The molecule has 0 fully saturated rings. The number of allylic oxidation sites excluding steroid dienone is 9. The first-order valence-corrected chi connectivity index (χ1v) is 16.4. The fraction of sp³-hybridized carbons (Fsp3) is 0.257. The summed E-state index contributed by atoms with van der Waals surface area (Å²) in [6.07, 6.45) is 14.8. The monoisotopic (exact) mass is 570 g/mol. The van der Waals surface area contributed by atoms with Crippen LogP contribution < -0.4 is 10.6 Å². The summed E-state index contributed by atoms with van der Waals surface area (Å²) < 4.78 is 5.44. The van der Waals surface area contributed by atoms with Gasteiger partial charge in [-0.15, -0.1) is 0 Å². The quantitative estimate of drug-likeness (QED) is 0.0840. The third kappa shape index (κ3) is 7.75. The zero-order valence-corrected chi connectivity index (χ0v) is 26.3. The van der Waals surface area contributed by atoms with Crippen molar-refractivity contribution in [1.29, 1.82) is 0 Å². The number of rotatable bonds is 12. The van der Waals surface area contributed by atoms with Gasteiger partial charge in [-0.3, -0.25) is 0 Å². The second kappa shape index (κ2) is 15.0. The lowest BCUT2D eigenvalue weighted by atomic mass is 10.1. The van der Waals surface area contributed by atoms with Crippen molar-refractivity contribution >= 4 is 38.4 Å². The second-order valence-corrected chi connectivity index (χ2v) is 14.3. The Labute approximate surface area is 242 Å². The molecule has 1 aliphatic heterocycles. The number of hydrogen-bond donors (Lipinski definition) is 0. The normalized spacial score (nSPS) is 16.2. The highest BCUT2D eigenvalue weighted by atomic mass is 31.1. The maximum atomic E-state index is 13.6. The third-order valence-electron chi connectivity index (χ3n) is 6.73. The molecule has 2 unspecified atom stereocenters. The average Bonchev–Trinajstić information content (AvgIpc) is 3.22. The zero-order valence-electron chi connectivity index (χ0n) is 24.5. The Bertz CT molecular complexity index is 1390. The molecule has 0 N–H and O–H groups in total. The minimum atomic E-state index is -1.36. The van der Waals surface area contributed by atoms with Crippen molar-refractivity contribution < 1.29 is 14.3 Å². The SMILES string of the molecule is C=C(CCC/C(C)=C\C)P(C1=C(P(C(/C=C\C)=C/C=C/C)c2ccc(C)cc2)C(=O)OC1=O)c1ccc(C)cc1. The minimum Gasteiger partial charge on any atom is -0.386 e. The van der Waals surface area contributed by atoms with E-state index in [0.717, 1.165) is 51.6 Å². The van der Waals surface area contributed by atoms with Crippen molar-refractivity contribution in [2.45, 2.75) is 60.8 Å². The molecule has 5 heteroatoms. The molecule has 0 aliphatic carbocycles. The van der Waals surface area contributed by atoms with Gasteiger partial charge in [-0.05, 0) is 97.9 Å². The van der Waals surface area contributed by atoms with Gasteiger partial charge in [0.2, 0.25) is 0 Å². The van der Waals surface area contributed by atoms with Crippen LogP contribution in [0.3, 0.4) is 0 Å². The van der Waals surface area contributed by atoms with Gasteiger partial charge >= 0.3 is 11.9 Å². The molecule has 208 valence electrons. The van der Waals surface area contributed by atoms with Gasteiger partial charge in [-0.2, -0.15) is 0 Å². The van der Waals surface area contributed by atoms with E-state index in [1.54, 1.807) is 0 Å². The lowest BCUT2D eigenvalue weighted by Gasteiger charge is -2.25. The van der Waals surface area contributed by atoms with Crippen LogP contribution in [-0.4, -0.2) is 11.9 Å². The van der Waals surface area contributed by atoms with Crippen molar-refractivity contribution in [3.05, 3.63) is 130 Å². The van der Waals surface area contributed by atoms with Crippen LogP contribution in [0.1, 0.15) is 58.1 Å². The van der Waals surface area contributed by atoms with Gasteiger partial charge in [-0.1, -0.05) is 108 Å². The van der Waals surface area contributed by atoms with Crippen molar-refractivity contribution in [1.82, 2.24) is 0 Å². The number of ether oxygens (including phenoxy) is 1. The molecular formula is C35H40O3P2. The smallest absolute Gasteiger partial charge is 0.348 e. The molecule has 3 nitrogen and oxygen atoms in total. The van der Waals surface area contributed by atoms with Crippen molar-refractivity contribution in [2.24, 2.45) is 0 Å². The Balaban J connectivity index is 2.30. The molecule has 1 aliphatic rings. The standard InChI is InChI=1S/C35H40O3P2/c1-8-11-16-29(13-9-2)40(31-23-19-27(6)20-24-31)33-32(34(36)38-35(33)37)39(30-21-17-26(5)18-22-30)28(7)15-12-14-25(4)10-3/h8-11,13,16-24H,7,12,14-15H2,1-6H3/b11-8+,13-9-,25-10-,29-16+. The first-order chi connectivity index (χ1) is 19.2. The Kier molecular flexibility index (Phi) is 11.8. The summed E-state index contributed by atoms with van der Waals surface area (Å²) in [6, 6.07) is 16.5. The van der Waals surface area contributed by atoms with Crippen molar-refractivity contribution in [2.75, 3.05) is 0 Å². The van der Waals surface area contributed by atoms with Crippen LogP contribution >= 0.6 is 15.8 Å². The maximum absolute atomic E-state index is 13.6. The molecule has 3 rings (SSSR count). The van der Waals surface area contributed by atoms with Crippen LogP contribution in [-0.2, 0) is 14.3 Å². The van der Waals surface area contributed by atoms with E-state index in [0.29, 0.717) is 10.6 Å². The number of cyclic esters (lactones) is 2. The number of aryl methyl sites for hydroxylation is 2. The van der Waals surface area contributed by atoms with E-state index in [2.05, 4.69) is 75.0 Å². The van der Waals surface area contributed by atoms with Gasteiger partial charge in [0.1, 0.15) is 0 Å². The summed E-state index contributed by atoms with van der Waals surface area (Å²) in [5.74, 6) is -1.08. The van der Waals surface area contributed by atoms with E-state index < -0.39 is 27.8 Å². The van der Waals surface area contributed by atoms with Gasteiger partial charge in [-0.25, -0.2) is 9.59 Å². The van der Waals surface area contributed by atoms with Gasteiger partial charge in [0.25, 0.3) is 0 Å². The Morgan fingerprint density at radius 3 is 1.82 bits per heavy atom. The van der Waals surface area contributed by atoms with Gasteiger partial charge in [0, 0.05) is 0 Å². The molecule has 2 atom stereocenters. The number of esters is 2. The molecule has 0 radical (unpaired) electrons. The third-order valence-corrected chi connectivity index (χ3v) is 11.9. The molecule has 0 saturated heterocycles. The molecule has 40 heavy (non-hydrogen) atoms. The fourth-order valence-corrected chi connectivity index (χ4v) is 9.66. The highest BCUT2D eigenvalue weighted by molar-refractivity contribution is 7.79. The minimum absolute atomic E-state index is 0.482. The summed E-state index contributed by atoms with van der Waals surface area (Å²) in [5.41, 5.74) is 3.60. The Hall–Kier alpha value is -3.12. The van der Waals surface area contributed by atoms with Crippen LogP contribution in [0, 0.1) is 13.8 Å². The lowest BCUT2D eigenvalue weighted by Crippen LogP contribution is -2.11. The maximum Gasteiger partial charge on any atom is 0.348 e. The van der Waals surface area contributed by atoms with E-state index in [9.17, 15) is 9.59 Å². The molecular weight excluding hydrogens is 530 g/mol. The van der Waals surface area contributed by atoms with Crippen LogP contribution in [0.15, 0.2) is 118 Å². The highest BCUT2D eigenvalue weighted by Crippen LogP contribution is 2.64. The van der Waals surface area contributed by atoms with E-state index in [-0.39, 0.29) is 0 Å². The second-order valence-electron chi connectivity index (χ2n) is 9.89. The summed E-state index contributed by atoms with van der Waals surface area (Å²) in [4.78, 5) is 27.3. The van der Waals surface area contributed by atoms with Gasteiger partial charge in [0.05, 0.1) is 10.6 Å². The first kappa shape index (κ1) is 31.4. The van der Waals surface area contributed by atoms with E-state index in [1.807, 2.05) is 58.1 Å². The van der Waals surface area contributed by atoms with Crippen LogP contribution in [0.25, 0.3) is 0 Å². The van der Waals surface area contributed by atoms with Gasteiger partial charge < -0.3 is 4.74 Å². The molecule has 2 aromatic rings. The molecule has 0 amide bonds. The summed E-state index contributed by atoms with van der Waals surface area (Å²) in [7, 11) is -2.69. The summed E-state index contributed by atoms with van der Waals surface area (Å²) in [6.45, 7) is 16.7. The largest absolute Gasteiger partial charge is 0.386 e. The number of hydrogen-bond acceptors (Lipinski definition) is 3. The van der Waals surface area contributed by atoms with E-state index in [1.165, 1.54) is 5.57 Å². The zero-order chi connectivity index (χ0) is 29.2. The number of carbonyl (C=O) groups excluding carboxylic acids is 2. The predicted octanol–water partition coefficient (Wildman–Crippen LogP) is 9.20.